The van der Waals surface area contributed by atoms with E-state index in [1.807, 2.05) is 18.2 Å². The number of aliphatic hydroxyl groups is 1. The largest absolute Gasteiger partial charge is 0.506 e. The summed E-state index contributed by atoms with van der Waals surface area (Å²) in [4.78, 5) is 14.9. The van der Waals surface area contributed by atoms with Gasteiger partial charge in [0.2, 0.25) is 0 Å². The molecule has 1 fully saturated rings. The Balaban J connectivity index is 1.55. The van der Waals surface area contributed by atoms with Crippen LogP contribution in [0.25, 0.3) is 22.5 Å². The van der Waals surface area contributed by atoms with Crippen LogP contribution in [0.1, 0.15) is 16.8 Å². The third-order valence-electron chi connectivity index (χ3n) is 5.65. The zero-order valence-corrected chi connectivity index (χ0v) is 17.6. The maximum absolute atomic E-state index is 12.6. The Morgan fingerprint density at radius 1 is 1.16 bits per heavy atom. The van der Waals surface area contributed by atoms with E-state index in [1.165, 1.54) is 6.26 Å². The molecule has 1 aromatic heterocycles. The number of amides is 1. The van der Waals surface area contributed by atoms with Gasteiger partial charge in [-0.2, -0.15) is 0 Å². The number of aliphatic hydroxyl groups excluding tert-OH is 1. The van der Waals surface area contributed by atoms with Crippen molar-refractivity contribution < 1.29 is 19.2 Å². The number of nitrogens with one attached hydrogen (secondary N) is 1. The van der Waals surface area contributed by atoms with E-state index >= 15 is 0 Å². The number of benzene rings is 2. The number of carbonyl (C=O) groups excluding carboxylic acids is 1. The smallest absolute Gasteiger partial charge is 0.260 e. The molecule has 5 rings (SSSR count). The van der Waals surface area contributed by atoms with Gasteiger partial charge in [-0.15, -0.1) is 0 Å². The number of nitrogens with zero attached hydrogens (tertiary/aromatic N) is 2. The number of morpholine rings is 1. The molecule has 158 valence electrons. The molecule has 8 heteroatoms. The minimum absolute atomic E-state index is 0.171. The SMILES string of the molecule is Cc1nocc1/C(O)=C1\C(=O)Nc2cc(Cl)c(-c3ccc(N4CCOCC4)cc3)cc21. The number of carbonyl (C=O) groups is 1. The molecule has 2 aliphatic rings. The van der Waals surface area contributed by atoms with Gasteiger partial charge in [-0.25, -0.2) is 0 Å². The van der Waals surface area contributed by atoms with Crippen molar-refractivity contribution in [2.24, 2.45) is 0 Å². The van der Waals surface area contributed by atoms with E-state index in [0.717, 1.165) is 43.1 Å². The fourth-order valence-electron chi connectivity index (χ4n) is 3.97. The van der Waals surface area contributed by atoms with Crippen LogP contribution in [-0.2, 0) is 9.53 Å². The third-order valence-corrected chi connectivity index (χ3v) is 5.96. The molecule has 0 aliphatic carbocycles. The fourth-order valence-corrected chi connectivity index (χ4v) is 4.25. The van der Waals surface area contributed by atoms with Crippen molar-refractivity contribution in [1.29, 1.82) is 0 Å². The van der Waals surface area contributed by atoms with Gasteiger partial charge in [0.25, 0.3) is 5.91 Å². The normalized spacial score (nSPS) is 17.5. The summed E-state index contributed by atoms with van der Waals surface area (Å²) in [6.45, 7) is 4.88. The summed E-state index contributed by atoms with van der Waals surface area (Å²) in [6, 6.07) is 11.7. The van der Waals surface area contributed by atoms with Crippen LogP contribution in [-0.4, -0.2) is 42.5 Å². The van der Waals surface area contributed by atoms with Crippen molar-refractivity contribution in [2.45, 2.75) is 6.92 Å². The molecular formula is C23H20ClN3O4. The van der Waals surface area contributed by atoms with Gasteiger partial charge in [-0.1, -0.05) is 28.9 Å². The molecular weight excluding hydrogens is 418 g/mol. The summed E-state index contributed by atoms with van der Waals surface area (Å²) in [6.07, 6.45) is 1.32. The summed E-state index contributed by atoms with van der Waals surface area (Å²) in [5.41, 5.74) is 5.01. The predicted molar refractivity (Wildman–Crippen MR) is 119 cm³/mol. The molecule has 7 nitrogen and oxygen atoms in total. The fraction of sp³-hybridized carbons (Fsp3) is 0.217. The van der Waals surface area contributed by atoms with Crippen molar-refractivity contribution in [3.63, 3.8) is 0 Å². The molecule has 2 aromatic carbocycles. The number of halogens is 1. The lowest BCUT2D eigenvalue weighted by Gasteiger charge is -2.29. The van der Waals surface area contributed by atoms with E-state index in [9.17, 15) is 9.90 Å². The highest BCUT2D eigenvalue weighted by molar-refractivity contribution is 6.38. The van der Waals surface area contributed by atoms with Crippen molar-refractivity contribution >= 4 is 40.2 Å². The van der Waals surface area contributed by atoms with Crippen molar-refractivity contribution in [3.05, 3.63) is 64.5 Å². The second kappa shape index (κ2) is 7.76. The Kier molecular flexibility index (Phi) is 4.92. The predicted octanol–water partition coefficient (Wildman–Crippen LogP) is 4.52. The first kappa shape index (κ1) is 19.7. The Morgan fingerprint density at radius 3 is 2.58 bits per heavy atom. The number of rotatable bonds is 3. The van der Waals surface area contributed by atoms with Crippen molar-refractivity contribution in [3.8, 4) is 11.1 Å². The van der Waals surface area contributed by atoms with Gasteiger partial charge >= 0.3 is 0 Å². The van der Waals surface area contributed by atoms with E-state index in [0.29, 0.717) is 27.5 Å². The minimum Gasteiger partial charge on any atom is -0.506 e. The first-order chi connectivity index (χ1) is 15.0. The molecule has 0 atom stereocenters. The number of fused-ring (bicyclic) bond motifs is 1. The number of ether oxygens (including phenoxy) is 1. The van der Waals surface area contributed by atoms with Crippen molar-refractivity contribution in [2.75, 3.05) is 36.5 Å². The summed E-state index contributed by atoms with van der Waals surface area (Å²) in [5, 5.41) is 17.9. The maximum Gasteiger partial charge on any atom is 0.260 e. The van der Waals surface area contributed by atoms with Crippen LogP contribution in [0, 0.1) is 6.92 Å². The van der Waals surface area contributed by atoms with Crippen LogP contribution in [0.5, 0.6) is 0 Å². The lowest BCUT2D eigenvalue weighted by atomic mass is 9.97. The quantitative estimate of drug-likeness (QED) is 0.462. The summed E-state index contributed by atoms with van der Waals surface area (Å²) >= 11 is 6.55. The lowest BCUT2D eigenvalue weighted by Crippen LogP contribution is -2.36. The Morgan fingerprint density at radius 2 is 1.90 bits per heavy atom. The lowest BCUT2D eigenvalue weighted by molar-refractivity contribution is -0.110. The number of anilines is 2. The molecule has 1 amide bonds. The van der Waals surface area contributed by atoms with Crippen LogP contribution in [0.4, 0.5) is 11.4 Å². The molecule has 3 heterocycles. The molecule has 3 aromatic rings. The average Bonchev–Trinajstić information content (AvgIpc) is 3.35. The molecule has 0 saturated carbocycles. The Hall–Kier alpha value is -3.29. The molecule has 1 saturated heterocycles. The third kappa shape index (κ3) is 3.45. The van der Waals surface area contributed by atoms with Crippen molar-refractivity contribution in [1.82, 2.24) is 5.16 Å². The number of hydrogen-bond donors (Lipinski definition) is 2. The van der Waals surface area contributed by atoms with Gasteiger partial charge in [0.1, 0.15) is 12.0 Å². The zero-order valence-electron chi connectivity index (χ0n) is 16.8. The minimum atomic E-state index is -0.399. The second-order valence-corrected chi connectivity index (χ2v) is 7.92. The number of hydrogen-bond acceptors (Lipinski definition) is 6. The summed E-state index contributed by atoms with van der Waals surface area (Å²) in [5.74, 6) is -0.574. The Labute approximate surface area is 183 Å². The van der Waals surface area contributed by atoms with Crippen LogP contribution in [0.2, 0.25) is 5.02 Å². The monoisotopic (exact) mass is 437 g/mol. The molecule has 0 spiro atoms. The molecule has 0 bridgehead atoms. The molecule has 0 unspecified atom stereocenters. The highest BCUT2D eigenvalue weighted by Crippen LogP contribution is 2.42. The van der Waals surface area contributed by atoms with Crippen LogP contribution >= 0.6 is 11.6 Å². The molecule has 0 radical (unpaired) electrons. The second-order valence-electron chi connectivity index (χ2n) is 7.52. The Bertz CT molecular complexity index is 1190. The molecule has 2 N–H and O–H groups in total. The molecule has 31 heavy (non-hydrogen) atoms. The van der Waals surface area contributed by atoms with Gasteiger partial charge < -0.3 is 24.6 Å². The van der Waals surface area contributed by atoms with E-state index in [4.69, 9.17) is 20.9 Å². The van der Waals surface area contributed by atoms with Gasteiger partial charge in [-0.3, -0.25) is 4.79 Å². The van der Waals surface area contributed by atoms with Gasteiger partial charge in [-0.05, 0) is 36.8 Å². The van der Waals surface area contributed by atoms with E-state index < -0.39 is 5.91 Å². The van der Waals surface area contributed by atoms with E-state index in [1.54, 1.807) is 13.0 Å². The van der Waals surface area contributed by atoms with Gasteiger partial charge in [0, 0.05) is 29.9 Å². The van der Waals surface area contributed by atoms with E-state index in [-0.39, 0.29) is 11.3 Å². The summed E-state index contributed by atoms with van der Waals surface area (Å²) in [7, 11) is 0. The maximum atomic E-state index is 12.6. The standard InChI is InChI=1S/C23H20ClN3O4/c1-13-18(12-31-26-13)22(28)21-17-10-16(19(24)11-20(17)25-23(21)29)14-2-4-15(5-3-14)27-6-8-30-9-7-27/h2-5,10-12,28H,6-9H2,1H3,(H,25,29)/b22-21+. The number of aryl methyl sites for hydroxylation is 1. The number of aromatic nitrogens is 1. The topological polar surface area (TPSA) is 87.8 Å². The molecule has 2 aliphatic heterocycles. The highest BCUT2D eigenvalue weighted by Gasteiger charge is 2.31. The van der Waals surface area contributed by atoms with E-state index in [2.05, 4.69) is 27.5 Å². The summed E-state index contributed by atoms with van der Waals surface area (Å²) < 4.78 is 10.3. The van der Waals surface area contributed by atoms with Gasteiger partial charge in [0.15, 0.2) is 0 Å². The highest BCUT2D eigenvalue weighted by atomic mass is 35.5. The van der Waals surface area contributed by atoms with Crippen LogP contribution in [0.3, 0.4) is 0 Å². The van der Waals surface area contributed by atoms with Gasteiger partial charge in [0.05, 0.1) is 40.8 Å². The average molecular weight is 438 g/mol. The van der Waals surface area contributed by atoms with Crippen LogP contribution < -0.4 is 10.2 Å². The first-order valence-electron chi connectivity index (χ1n) is 9.96. The zero-order chi connectivity index (χ0) is 21.5. The van der Waals surface area contributed by atoms with Crippen LogP contribution in [0.15, 0.2) is 47.2 Å². The first-order valence-corrected chi connectivity index (χ1v) is 10.3.